The molecule has 0 N–H and O–H groups in total. The van der Waals surface area contributed by atoms with Gasteiger partial charge in [0, 0.05) is 43.3 Å². The molecule has 0 fully saturated rings. The van der Waals surface area contributed by atoms with Gasteiger partial charge in [-0.3, -0.25) is 18.7 Å². The van der Waals surface area contributed by atoms with E-state index in [0.717, 1.165) is 34.6 Å². The summed E-state index contributed by atoms with van der Waals surface area (Å²) in [6.45, 7) is 4.19. The SMILES string of the molecule is Cc1cc(C)c(-c2cn(C)cn2)[c-]c1-c1cn(C)cn1.Fc1c[c-]c(-c2ccccn2)c(F)c1.[IrH+2]. The molecule has 0 bridgehead atoms. The molecule has 0 spiro atoms. The molecule has 3 aromatic heterocycles. The van der Waals surface area contributed by atoms with Gasteiger partial charge in [0.15, 0.2) is 0 Å². The zero-order valence-corrected chi connectivity index (χ0v) is 22.2. The van der Waals surface area contributed by atoms with Gasteiger partial charge in [0.05, 0.1) is 12.7 Å². The topological polar surface area (TPSA) is 48.5 Å². The van der Waals surface area contributed by atoms with E-state index < -0.39 is 11.6 Å². The van der Waals surface area contributed by atoms with Gasteiger partial charge in [0.2, 0.25) is 0 Å². The van der Waals surface area contributed by atoms with Gasteiger partial charge in [0.25, 0.3) is 0 Å². The number of pyridine rings is 1. The van der Waals surface area contributed by atoms with Crippen molar-refractivity contribution in [1.82, 2.24) is 24.1 Å². The fourth-order valence-electron chi connectivity index (χ4n) is 3.56. The molecule has 1 radical (unpaired) electrons. The second kappa shape index (κ2) is 11.3. The van der Waals surface area contributed by atoms with Crippen molar-refractivity contribution in [2.45, 2.75) is 13.8 Å². The molecule has 0 aliphatic heterocycles. The molecule has 0 atom stereocenters. The summed E-state index contributed by atoms with van der Waals surface area (Å²) >= 11 is 0. The summed E-state index contributed by atoms with van der Waals surface area (Å²) in [6.07, 6.45) is 9.19. The van der Waals surface area contributed by atoms with E-state index in [1.165, 1.54) is 11.1 Å². The predicted octanol–water partition coefficient (Wildman–Crippen LogP) is 5.46. The number of hydrogen-bond acceptors (Lipinski definition) is 3. The number of nitrogens with zero attached hydrogens (tertiary/aromatic N) is 5. The van der Waals surface area contributed by atoms with Gasteiger partial charge in [-0.25, -0.2) is 0 Å². The molecule has 5 aromatic rings. The molecule has 0 unspecified atom stereocenters. The summed E-state index contributed by atoms with van der Waals surface area (Å²) in [5, 5.41) is 0. The molecular weight excluding hydrogens is 625 g/mol. The average molecular weight is 649 g/mol. The monoisotopic (exact) mass is 649 g/mol. The Balaban J connectivity index is 0.000000202. The van der Waals surface area contributed by atoms with Crippen LogP contribution in [0.4, 0.5) is 8.78 Å². The number of benzene rings is 2. The van der Waals surface area contributed by atoms with E-state index in [1.807, 2.05) is 48.3 Å². The molecule has 0 saturated heterocycles. The number of hydrogen-bond donors (Lipinski definition) is 0. The van der Waals surface area contributed by atoms with Crippen LogP contribution in [0.15, 0.2) is 67.6 Å². The normalized spacial score (nSPS) is 10.3. The zero-order valence-electron chi connectivity index (χ0n) is 19.7. The number of rotatable bonds is 3. The standard InChI is InChI=1S/C16H17N4.C11H6F2N.Ir.H/c1-11-5-12(2)14(16-8-20(4)10-18-16)6-13(11)15-7-19(3)9-17-15;12-8-4-5-9(10(13)7-8)11-3-1-2-6-14-11;;/h5,7-10H,1-4H3;1-4,6-7H;;/q2*-1;+2;. The van der Waals surface area contributed by atoms with Crippen molar-refractivity contribution in [3.63, 3.8) is 0 Å². The Hall–Kier alpha value is -3.48. The van der Waals surface area contributed by atoms with E-state index in [9.17, 15) is 8.78 Å². The van der Waals surface area contributed by atoms with E-state index in [2.05, 4.69) is 47.0 Å². The first kappa shape index (κ1) is 26.1. The third-order valence-corrected chi connectivity index (χ3v) is 5.17. The second-order valence-electron chi connectivity index (χ2n) is 7.99. The first-order valence-corrected chi connectivity index (χ1v) is 10.6. The van der Waals surface area contributed by atoms with Gasteiger partial charge in [-0.2, -0.15) is 0 Å². The molecule has 35 heavy (non-hydrogen) atoms. The van der Waals surface area contributed by atoms with Gasteiger partial charge in [-0.05, 0) is 24.2 Å². The average Bonchev–Trinajstić information content (AvgIpc) is 3.43. The van der Waals surface area contributed by atoms with E-state index in [1.54, 1.807) is 24.4 Å². The van der Waals surface area contributed by atoms with Crippen molar-refractivity contribution >= 4 is 0 Å². The fourth-order valence-corrected chi connectivity index (χ4v) is 3.56. The van der Waals surface area contributed by atoms with Crippen LogP contribution in [0.25, 0.3) is 33.8 Å². The van der Waals surface area contributed by atoms with Crippen LogP contribution in [-0.4, -0.2) is 24.1 Å². The van der Waals surface area contributed by atoms with Gasteiger partial charge in [-0.15, -0.1) is 35.4 Å². The minimum atomic E-state index is -0.649. The Morgan fingerprint density at radius 2 is 1.37 bits per heavy atom. The third-order valence-electron chi connectivity index (χ3n) is 5.17. The molecule has 3 heterocycles. The van der Waals surface area contributed by atoms with E-state index in [-0.39, 0.29) is 25.7 Å². The Bertz CT molecular complexity index is 1370. The molecule has 5 rings (SSSR count). The fraction of sp³-hybridized carbons (Fsp3) is 0.148. The quantitative estimate of drug-likeness (QED) is 0.244. The molecule has 0 aliphatic carbocycles. The number of aryl methyl sites for hydroxylation is 4. The van der Waals surface area contributed by atoms with Crippen LogP contribution in [0.3, 0.4) is 0 Å². The summed E-state index contributed by atoms with van der Waals surface area (Å²) in [5.41, 5.74) is 6.97. The van der Waals surface area contributed by atoms with Crippen LogP contribution in [0, 0.1) is 37.6 Å². The van der Waals surface area contributed by atoms with E-state index in [0.29, 0.717) is 5.69 Å². The van der Waals surface area contributed by atoms with Crippen molar-refractivity contribution in [2.75, 3.05) is 0 Å². The molecule has 2 aromatic carbocycles. The molecule has 0 aliphatic rings. The maximum absolute atomic E-state index is 13.2. The Labute approximate surface area is 216 Å². The van der Waals surface area contributed by atoms with Crippen LogP contribution < -0.4 is 0 Å². The Morgan fingerprint density at radius 1 is 0.771 bits per heavy atom. The van der Waals surface area contributed by atoms with Gasteiger partial charge >= 0.3 is 20.1 Å². The number of imidazole rings is 2. The van der Waals surface area contributed by atoms with Gasteiger partial charge in [0.1, 0.15) is 0 Å². The van der Waals surface area contributed by atoms with Crippen LogP contribution in [-0.2, 0) is 34.2 Å². The van der Waals surface area contributed by atoms with Gasteiger partial charge < -0.3 is 14.1 Å². The first-order valence-electron chi connectivity index (χ1n) is 10.6. The molecule has 8 heteroatoms. The molecule has 5 nitrogen and oxygen atoms in total. The molecule has 0 saturated carbocycles. The molecular formula is C27H24F2IrN5. The van der Waals surface area contributed by atoms with Crippen molar-refractivity contribution in [1.29, 1.82) is 0 Å². The van der Waals surface area contributed by atoms with Crippen molar-refractivity contribution in [2.24, 2.45) is 14.1 Å². The minimum absolute atomic E-state index is 0. The van der Waals surface area contributed by atoms with Crippen LogP contribution >= 0.6 is 0 Å². The first-order chi connectivity index (χ1) is 16.3. The van der Waals surface area contributed by atoms with Crippen LogP contribution in [0.2, 0.25) is 0 Å². The molecule has 0 amide bonds. The second-order valence-corrected chi connectivity index (χ2v) is 7.99. The molecule has 180 valence electrons. The van der Waals surface area contributed by atoms with Crippen molar-refractivity contribution < 1.29 is 28.9 Å². The van der Waals surface area contributed by atoms with Gasteiger partial charge in [-0.1, -0.05) is 48.7 Å². The van der Waals surface area contributed by atoms with E-state index >= 15 is 0 Å². The van der Waals surface area contributed by atoms with Crippen LogP contribution in [0.1, 0.15) is 11.1 Å². The predicted molar refractivity (Wildman–Crippen MR) is 129 cm³/mol. The summed E-state index contributed by atoms with van der Waals surface area (Å²) < 4.78 is 29.7. The van der Waals surface area contributed by atoms with Crippen molar-refractivity contribution in [3.8, 4) is 33.8 Å². The zero-order chi connectivity index (χ0) is 24.2. The van der Waals surface area contributed by atoms with Crippen LogP contribution in [0.5, 0.6) is 0 Å². The maximum atomic E-state index is 13.2. The summed E-state index contributed by atoms with van der Waals surface area (Å²) in [4.78, 5) is 12.8. The number of aromatic nitrogens is 5. The summed E-state index contributed by atoms with van der Waals surface area (Å²) in [7, 11) is 3.94. The summed E-state index contributed by atoms with van der Waals surface area (Å²) in [5.74, 6) is -1.29. The van der Waals surface area contributed by atoms with E-state index in [4.69, 9.17) is 0 Å². The van der Waals surface area contributed by atoms with Crippen molar-refractivity contribution in [3.05, 3.63) is 103 Å². The third kappa shape index (κ3) is 6.15. The Morgan fingerprint density at radius 3 is 1.83 bits per heavy atom. The Kier molecular flexibility index (Phi) is 8.43. The number of halogens is 2. The summed E-state index contributed by atoms with van der Waals surface area (Å²) in [6, 6.07) is 15.2.